The molecule has 0 aliphatic heterocycles. The average molecular weight is 291 g/mol. The number of carbonyl (C=O) groups excluding carboxylic acids is 1. The van der Waals surface area contributed by atoms with E-state index < -0.39 is 11.9 Å². The summed E-state index contributed by atoms with van der Waals surface area (Å²) in [6.45, 7) is 7.60. The molecule has 116 valence electrons. The van der Waals surface area contributed by atoms with Gasteiger partial charge in [0.1, 0.15) is 0 Å². The van der Waals surface area contributed by atoms with Crippen LogP contribution in [0.1, 0.15) is 51.2 Å². The van der Waals surface area contributed by atoms with Crippen molar-refractivity contribution in [1.82, 2.24) is 5.32 Å². The molecule has 0 aliphatic rings. The van der Waals surface area contributed by atoms with Crippen LogP contribution in [-0.4, -0.2) is 23.0 Å². The van der Waals surface area contributed by atoms with Gasteiger partial charge in [0.15, 0.2) is 0 Å². The highest BCUT2D eigenvalue weighted by atomic mass is 16.4. The fourth-order valence-corrected chi connectivity index (χ4v) is 1.99. The zero-order chi connectivity index (χ0) is 16.0. The summed E-state index contributed by atoms with van der Waals surface area (Å²) in [5.74, 6) is -1.09. The third-order valence-electron chi connectivity index (χ3n) is 3.82. The number of hydrogen-bond donors (Lipinski definition) is 2. The van der Waals surface area contributed by atoms with Crippen molar-refractivity contribution in [2.75, 3.05) is 0 Å². The van der Waals surface area contributed by atoms with Gasteiger partial charge in [-0.2, -0.15) is 0 Å². The molecule has 0 bridgehead atoms. The van der Waals surface area contributed by atoms with Gasteiger partial charge >= 0.3 is 5.97 Å². The number of carbonyl (C=O) groups is 2. The molecule has 1 aromatic rings. The highest BCUT2D eigenvalue weighted by Crippen LogP contribution is 2.15. The molecule has 0 aromatic heterocycles. The second kappa shape index (κ2) is 7.81. The Bertz CT molecular complexity index is 479. The fourth-order valence-electron chi connectivity index (χ4n) is 1.99. The van der Waals surface area contributed by atoms with Gasteiger partial charge < -0.3 is 10.4 Å². The summed E-state index contributed by atoms with van der Waals surface area (Å²) in [7, 11) is 0. The fraction of sp³-hybridized carbons (Fsp3) is 0.529. The van der Waals surface area contributed by atoms with Crippen molar-refractivity contribution >= 4 is 11.9 Å². The largest absolute Gasteiger partial charge is 0.481 e. The Kier molecular flexibility index (Phi) is 6.40. The van der Waals surface area contributed by atoms with Crippen LogP contribution >= 0.6 is 0 Å². The topological polar surface area (TPSA) is 66.4 Å². The number of nitrogens with one attached hydrogen (secondary N) is 1. The Morgan fingerprint density at radius 1 is 1.10 bits per heavy atom. The van der Waals surface area contributed by atoms with E-state index in [1.54, 1.807) is 13.8 Å². The van der Waals surface area contributed by atoms with Gasteiger partial charge in [0.2, 0.25) is 5.91 Å². The molecule has 1 rings (SSSR count). The van der Waals surface area contributed by atoms with Crippen LogP contribution in [0.25, 0.3) is 0 Å². The van der Waals surface area contributed by atoms with Gasteiger partial charge in [-0.1, -0.05) is 38.1 Å². The molecule has 2 N–H and O–H groups in total. The van der Waals surface area contributed by atoms with Crippen molar-refractivity contribution in [2.24, 2.45) is 5.92 Å². The van der Waals surface area contributed by atoms with E-state index in [9.17, 15) is 9.59 Å². The van der Waals surface area contributed by atoms with Crippen LogP contribution in [0.2, 0.25) is 0 Å². The molecule has 0 radical (unpaired) electrons. The second-order valence-corrected chi connectivity index (χ2v) is 5.88. The standard InChI is InChI=1S/C17H25NO3/c1-11(2)15-8-5-14(6-9-15)7-10-16(19)18-13(4)12(3)17(20)21/h5-6,8-9,11-13H,7,10H2,1-4H3,(H,18,19)(H,20,21). The smallest absolute Gasteiger partial charge is 0.308 e. The molecule has 0 saturated heterocycles. The molecule has 4 heteroatoms. The molecule has 0 heterocycles. The Labute approximate surface area is 126 Å². The molecular weight excluding hydrogens is 266 g/mol. The quantitative estimate of drug-likeness (QED) is 0.811. The lowest BCUT2D eigenvalue weighted by Crippen LogP contribution is -2.40. The van der Waals surface area contributed by atoms with E-state index in [1.165, 1.54) is 5.56 Å². The van der Waals surface area contributed by atoms with Crippen molar-refractivity contribution in [1.29, 1.82) is 0 Å². The maximum atomic E-state index is 11.8. The van der Waals surface area contributed by atoms with E-state index in [0.717, 1.165) is 5.56 Å². The van der Waals surface area contributed by atoms with Crippen molar-refractivity contribution in [2.45, 2.75) is 52.5 Å². The number of aliphatic carboxylic acids is 1. The highest BCUT2D eigenvalue weighted by molar-refractivity contribution is 5.78. The minimum atomic E-state index is -0.896. The van der Waals surface area contributed by atoms with Crippen molar-refractivity contribution in [3.05, 3.63) is 35.4 Å². The first-order chi connectivity index (χ1) is 9.81. The summed E-state index contributed by atoms with van der Waals surface area (Å²) >= 11 is 0. The minimum Gasteiger partial charge on any atom is -0.481 e. The number of carboxylic acid groups (broad SMARTS) is 1. The Morgan fingerprint density at radius 2 is 1.67 bits per heavy atom. The van der Waals surface area contributed by atoms with Crippen LogP contribution in [0.5, 0.6) is 0 Å². The van der Waals surface area contributed by atoms with E-state index in [-0.39, 0.29) is 11.9 Å². The lowest BCUT2D eigenvalue weighted by molar-refractivity contribution is -0.142. The molecule has 0 saturated carbocycles. The Morgan fingerprint density at radius 3 is 2.14 bits per heavy atom. The molecule has 1 aromatic carbocycles. The molecule has 21 heavy (non-hydrogen) atoms. The first kappa shape index (κ1) is 17.2. The maximum Gasteiger partial charge on any atom is 0.308 e. The summed E-state index contributed by atoms with van der Waals surface area (Å²) < 4.78 is 0. The van der Waals surface area contributed by atoms with E-state index in [4.69, 9.17) is 5.11 Å². The lowest BCUT2D eigenvalue weighted by atomic mass is 10.00. The van der Waals surface area contributed by atoms with E-state index >= 15 is 0 Å². The third-order valence-corrected chi connectivity index (χ3v) is 3.82. The Hall–Kier alpha value is -1.84. The molecule has 4 nitrogen and oxygen atoms in total. The molecular formula is C17H25NO3. The first-order valence-corrected chi connectivity index (χ1v) is 7.42. The van der Waals surface area contributed by atoms with E-state index in [2.05, 4.69) is 31.3 Å². The van der Waals surface area contributed by atoms with Crippen molar-refractivity contribution in [3.8, 4) is 0 Å². The van der Waals surface area contributed by atoms with Gasteiger partial charge in [-0.3, -0.25) is 9.59 Å². The zero-order valence-electron chi connectivity index (χ0n) is 13.2. The van der Waals surface area contributed by atoms with Gasteiger partial charge in [-0.25, -0.2) is 0 Å². The van der Waals surface area contributed by atoms with Gasteiger partial charge in [0.25, 0.3) is 0 Å². The number of aryl methyl sites for hydroxylation is 1. The van der Waals surface area contributed by atoms with Crippen LogP contribution in [0.15, 0.2) is 24.3 Å². The predicted octanol–water partition coefficient (Wildman–Crippen LogP) is 2.97. The van der Waals surface area contributed by atoms with Crippen LogP contribution in [0.4, 0.5) is 0 Å². The summed E-state index contributed by atoms with van der Waals surface area (Å²) in [4.78, 5) is 22.7. The third kappa shape index (κ3) is 5.58. The lowest BCUT2D eigenvalue weighted by Gasteiger charge is -2.17. The van der Waals surface area contributed by atoms with Crippen LogP contribution < -0.4 is 5.32 Å². The molecule has 0 spiro atoms. The van der Waals surface area contributed by atoms with Crippen LogP contribution in [-0.2, 0) is 16.0 Å². The summed E-state index contributed by atoms with van der Waals surface area (Å²) in [6.07, 6.45) is 1.04. The summed E-state index contributed by atoms with van der Waals surface area (Å²) in [5.41, 5.74) is 2.40. The van der Waals surface area contributed by atoms with Crippen LogP contribution in [0, 0.1) is 5.92 Å². The summed E-state index contributed by atoms with van der Waals surface area (Å²) in [5, 5.41) is 11.6. The summed E-state index contributed by atoms with van der Waals surface area (Å²) in [6, 6.07) is 7.91. The number of carboxylic acids is 1. The first-order valence-electron chi connectivity index (χ1n) is 7.42. The van der Waals surface area contributed by atoms with Gasteiger partial charge in [0.05, 0.1) is 5.92 Å². The number of benzene rings is 1. The van der Waals surface area contributed by atoms with Crippen molar-refractivity contribution < 1.29 is 14.7 Å². The molecule has 1 amide bonds. The predicted molar refractivity (Wildman–Crippen MR) is 83.3 cm³/mol. The zero-order valence-corrected chi connectivity index (χ0v) is 13.2. The van der Waals surface area contributed by atoms with Crippen molar-refractivity contribution in [3.63, 3.8) is 0 Å². The molecule has 2 atom stereocenters. The SMILES string of the molecule is CC(C)c1ccc(CCC(=O)NC(C)C(C)C(=O)O)cc1. The van der Waals surface area contributed by atoms with Gasteiger partial charge in [0, 0.05) is 12.5 Å². The Balaban J connectivity index is 2.44. The monoisotopic (exact) mass is 291 g/mol. The normalized spacial score (nSPS) is 13.8. The number of amides is 1. The molecule has 2 unspecified atom stereocenters. The number of rotatable bonds is 7. The second-order valence-electron chi connectivity index (χ2n) is 5.88. The number of hydrogen-bond acceptors (Lipinski definition) is 2. The maximum absolute atomic E-state index is 11.8. The minimum absolute atomic E-state index is 0.108. The van der Waals surface area contributed by atoms with Crippen LogP contribution in [0.3, 0.4) is 0 Å². The average Bonchev–Trinajstić information content (AvgIpc) is 2.44. The van der Waals surface area contributed by atoms with E-state index in [0.29, 0.717) is 18.8 Å². The van der Waals surface area contributed by atoms with Gasteiger partial charge in [-0.05, 0) is 37.3 Å². The van der Waals surface area contributed by atoms with E-state index in [1.807, 2.05) is 12.1 Å². The van der Waals surface area contributed by atoms with Gasteiger partial charge in [-0.15, -0.1) is 0 Å². The highest BCUT2D eigenvalue weighted by Gasteiger charge is 2.20. The molecule has 0 fully saturated rings. The molecule has 0 aliphatic carbocycles.